The number of rotatable bonds is 1. The second-order valence-corrected chi connectivity index (χ2v) is 5.67. The van der Waals surface area contributed by atoms with E-state index in [2.05, 4.69) is 14.9 Å². The van der Waals surface area contributed by atoms with Crippen molar-refractivity contribution in [3.05, 3.63) is 11.3 Å². The lowest BCUT2D eigenvalue weighted by Gasteiger charge is -2.27. The molecule has 1 aromatic heterocycles. The van der Waals surface area contributed by atoms with Crippen LogP contribution in [0.5, 0.6) is 0 Å². The van der Waals surface area contributed by atoms with Crippen molar-refractivity contribution in [2.45, 2.75) is 25.4 Å². The van der Waals surface area contributed by atoms with Gasteiger partial charge in [0.1, 0.15) is 17.2 Å². The van der Waals surface area contributed by atoms with E-state index in [1.807, 2.05) is 0 Å². The SMILES string of the molecule is Nc1ncnc(N2CC3CCC(O)CC3C2)c1Cl. The van der Waals surface area contributed by atoms with E-state index in [1.54, 1.807) is 0 Å². The van der Waals surface area contributed by atoms with Crippen LogP contribution in [0.1, 0.15) is 19.3 Å². The molecule has 0 bridgehead atoms. The predicted molar refractivity (Wildman–Crippen MR) is 70.5 cm³/mol. The van der Waals surface area contributed by atoms with Crippen LogP contribution in [-0.4, -0.2) is 34.3 Å². The van der Waals surface area contributed by atoms with Crippen LogP contribution >= 0.6 is 11.6 Å². The lowest BCUT2D eigenvalue weighted by atomic mass is 9.80. The molecule has 3 rings (SSSR count). The molecule has 0 spiro atoms. The zero-order chi connectivity index (χ0) is 12.7. The second kappa shape index (κ2) is 4.55. The fraction of sp³-hybridized carbons (Fsp3) is 0.667. The quantitative estimate of drug-likeness (QED) is 0.803. The van der Waals surface area contributed by atoms with Crippen LogP contribution in [0.3, 0.4) is 0 Å². The first-order valence-electron chi connectivity index (χ1n) is 6.34. The Morgan fingerprint density at radius 2 is 2.06 bits per heavy atom. The number of aliphatic hydroxyl groups excluding tert-OH is 1. The molecule has 0 amide bonds. The third-order valence-corrected chi connectivity index (χ3v) is 4.48. The summed E-state index contributed by atoms with van der Waals surface area (Å²) >= 11 is 6.16. The normalized spacial score (nSPS) is 31.4. The molecule has 0 aromatic carbocycles. The molecule has 1 aliphatic carbocycles. The highest BCUT2D eigenvalue weighted by Gasteiger charge is 2.38. The second-order valence-electron chi connectivity index (χ2n) is 5.29. The molecule has 5 nitrogen and oxygen atoms in total. The highest BCUT2D eigenvalue weighted by Crippen LogP contribution is 2.39. The first kappa shape index (κ1) is 12.0. The lowest BCUT2D eigenvalue weighted by Crippen LogP contribution is -2.26. The Kier molecular flexibility index (Phi) is 3.03. The molecule has 3 atom stereocenters. The van der Waals surface area contributed by atoms with Gasteiger partial charge in [0.2, 0.25) is 0 Å². The molecule has 1 aliphatic heterocycles. The van der Waals surface area contributed by atoms with Crippen molar-refractivity contribution >= 4 is 23.2 Å². The smallest absolute Gasteiger partial charge is 0.153 e. The Balaban J connectivity index is 1.81. The van der Waals surface area contributed by atoms with Crippen LogP contribution in [0, 0.1) is 11.8 Å². The number of fused-ring (bicyclic) bond motifs is 1. The number of nitrogens with zero attached hydrogens (tertiary/aromatic N) is 3. The molecule has 0 radical (unpaired) electrons. The van der Waals surface area contributed by atoms with Gasteiger partial charge in [-0.3, -0.25) is 0 Å². The monoisotopic (exact) mass is 268 g/mol. The molecular formula is C12H17ClN4O. The molecule has 18 heavy (non-hydrogen) atoms. The fourth-order valence-electron chi connectivity index (χ4n) is 3.17. The number of anilines is 2. The molecule has 1 saturated carbocycles. The molecule has 2 heterocycles. The lowest BCUT2D eigenvalue weighted by molar-refractivity contribution is 0.0867. The summed E-state index contributed by atoms with van der Waals surface area (Å²) in [5, 5.41) is 10.2. The van der Waals surface area contributed by atoms with Gasteiger partial charge in [-0.1, -0.05) is 11.6 Å². The van der Waals surface area contributed by atoms with E-state index in [9.17, 15) is 5.11 Å². The third kappa shape index (κ3) is 2.01. The summed E-state index contributed by atoms with van der Waals surface area (Å²) in [6.45, 7) is 1.85. The van der Waals surface area contributed by atoms with Crippen LogP contribution in [0.2, 0.25) is 5.02 Å². The molecule has 2 aliphatic rings. The average Bonchev–Trinajstić information content (AvgIpc) is 2.75. The average molecular weight is 269 g/mol. The molecule has 3 unspecified atom stereocenters. The van der Waals surface area contributed by atoms with Crippen molar-refractivity contribution in [3.63, 3.8) is 0 Å². The molecule has 3 N–H and O–H groups in total. The molecule has 1 saturated heterocycles. The first-order chi connectivity index (χ1) is 8.65. The minimum atomic E-state index is -0.142. The number of hydrogen-bond acceptors (Lipinski definition) is 5. The van der Waals surface area contributed by atoms with Gasteiger partial charge in [0.25, 0.3) is 0 Å². The van der Waals surface area contributed by atoms with Crippen molar-refractivity contribution in [2.24, 2.45) is 11.8 Å². The van der Waals surface area contributed by atoms with Crippen molar-refractivity contribution in [1.82, 2.24) is 9.97 Å². The molecule has 6 heteroatoms. The van der Waals surface area contributed by atoms with Crippen LogP contribution in [0.15, 0.2) is 6.33 Å². The maximum absolute atomic E-state index is 9.72. The summed E-state index contributed by atoms with van der Waals surface area (Å²) in [5.74, 6) is 2.24. The largest absolute Gasteiger partial charge is 0.393 e. The van der Waals surface area contributed by atoms with Crippen LogP contribution in [0.4, 0.5) is 11.6 Å². The highest BCUT2D eigenvalue weighted by molar-refractivity contribution is 6.35. The Labute approximate surface area is 111 Å². The zero-order valence-corrected chi connectivity index (χ0v) is 10.8. The number of aromatic nitrogens is 2. The van der Waals surface area contributed by atoms with Gasteiger partial charge in [-0.15, -0.1) is 0 Å². The van der Waals surface area contributed by atoms with Crippen molar-refractivity contribution in [2.75, 3.05) is 23.7 Å². The standard InChI is InChI=1S/C12H17ClN4O/c13-10-11(14)15-6-16-12(10)17-4-7-1-2-9(18)3-8(7)5-17/h6-9,18H,1-5H2,(H2,14,15,16). The van der Waals surface area contributed by atoms with E-state index in [0.717, 1.165) is 38.2 Å². The zero-order valence-electron chi connectivity index (χ0n) is 10.1. The summed E-state index contributed by atoms with van der Waals surface area (Å²) in [4.78, 5) is 10.3. The minimum absolute atomic E-state index is 0.142. The number of nitrogens with two attached hydrogens (primary N) is 1. The number of hydrogen-bond donors (Lipinski definition) is 2. The summed E-state index contributed by atoms with van der Waals surface area (Å²) < 4.78 is 0. The van der Waals surface area contributed by atoms with E-state index < -0.39 is 0 Å². The van der Waals surface area contributed by atoms with E-state index in [-0.39, 0.29) is 6.10 Å². The number of aliphatic hydroxyl groups is 1. The Morgan fingerprint density at radius 1 is 1.28 bits per heavy atom. The van der Waals surface area contributed by atoms with E-state index >= 15 is 0 Å². The summed E-state index contributed by atoms with van der Waals surface area (Å²) in [7, 11) is 0. The van der Waals surface area contributed by atoms with Gasteiger partial charge >= 0.3 is 0 Å². The summed E-state index contributed by atoms with van der Waals surface area (Å²) in [5.41, 5.74) is 5.71. The molecule has 2 fully saturated rings. The van der Waals surface area contributed by atoms with E-state index in [4.69, 9.17) is 17.3 Å². The van der Waals surface area contributed by atoms with Gasteiger partial charge in [0.05, 0.1) is 6.10 Å². The number of nitrogen functional groups attached to an aromatic ring is 1. The predicted octanol–water partition coefficient (Wildman–Crippen LogP) is 1.31. The minimum Gasteiger partial charge on any atom is -0.393 e. The van der Waals surface area contributed by atoms with Gasteiger partial charge in [0.15, 0.2) is 5.82 Å². The molecule has 1 aromatic rings. The fourth-order valence-corrected chi connectivity index (χ4v) is 3.39. The van der Waals surface area contributed by atoms with Crippen molar-refractivity contribution < 1.29 is 5.11 Å². The van der Waals surface area contributed by atoms with Gasteiger partial charge in [-0.25, -0.2) is 9.97 Å². The van der Waals surface area contributed by atoms with Crippen molar-refractivity contribution in [1.29, 1.82) is 0 Å². The maximum Gasteiger partial charge on any atom is 0.153 e. The Bertz CT molecular complexity index is 456. The molecular weight excluding hydrogens is 252 g/mol. The van der Waals surface area contributed by atoms with Gasteiger partial charge in [-0.2, -0.15) is 0 Å². The Hall–Kier alpha value is -1.07. The summed E-state index contributed by atoms with van der Waals surface area (Å²) in [6.07, 6.45) is 4.19. The van der Waals surface area contributed by atoms with E-state index in [1.165, 1.54) is 6.33 Å². The van der Waals surface area contributed by atoms with E-state index in [0.29, 0.717) is 22.7 Å². The summed E-state index contributed by atoms with van der Waals surface area (Å²) in [6, 6.07) is 0. The highest BCUT2D eigenvalue weighted by atomic mass is 35.5. The third-order valence-electron chi connectivity index (χ3n) is 4.12. The Morgan fingerprint density at radius 3 is 2.89 bits per heavy atom. The topological polar surface area (TPSA) is 75.3 Å². The van der Waals surface area contributed by atoms with Crippen molar-refractivity contribution in [3.8, 4) is 0 Å². The van der Waals surface area contributed by atoms with Crippen LogP contribution < -0.4 is 10.6 Å². The van der Waals surface area contributed by atoms with Crippen LogP contribution in [0.25, 0.3) is 0 Å². The van der Waals surface area contributed by atoms with Gasteiger partial charge in [0, 0.05) is 13.1 Å². The maximum atomic E-state index is 9.72. The first-order valence-corrected chi connectivity index (χ1v) is 6.72. The molecule has 98 valence electrons. The van der Waals surface area contributed by atoms with Crippen LogP contribution in [-0.2, 0) is 0 Å². The van der Waals surface area contributed by atoms with Gasteiger partial charge < -0.3 is 15.7 Å². The number of halogens is 1. The van der Waals surface area contributed by atoms with Gasteiger partial charge in [-0.05, 0) is 31.1 Å².